The van der Waals surface area contributed by atoms with Gasteiger partial charge in [-0.15, -0.1) is 0 Å². The number of rotatable bonds is 11. The van der Waals surface area contributed by atoms with E-state index in [4.69, 9.17) is 21.9 Å². The Morgan fingerprint density at radius 3 is 2.49 bits per heavy atom. The van der Waals surface area contributed by atoms with Crippen molar-refractivity contribution >= 4 is 28.2 Å². The van der Waals surface area contributed by atoms with Crippen molar-refractivity contribution in [3.63, 3.8) is 0 Å². The first-order valence-electron chi connectivity index (χ1n) is 13.9. The summed E-state index contributed by atoms with van der Waals surface area (Å²) in [7, 11) is 4.29. The lowest BCUT2D eigenvalue weighted by molar-refractivity contribution is 0.177. The molecule has 1 aliphatic heterocycles. The molecule has 0 unspecified atom stereocenters. The van der Waals surface area contributed by atoms with Crippen molar-refractivity contribution < 1.29 is 4.74 Å². The normalized spacial score (nSPS) is 16.6. The second-order valence-corrected chi connectivity index (χ2v) is 11.2. The van der Waals surface area contributed by atoms with E-state index in [9.17, 15) is 0 Å². The van der Waals surface area contributed by atoms with Gasteiger partial charge in [-0.05, 0) is 95.2 Å². The summed E-state index contributed by atoms with van der Waals surface area (Å²) in [5, 5.41) is 0. The highest BCUT2D eigenvalue weighted by atomic mass is 32.1. The van der Waals surface area contributed by atoms with E-state index in [2.05, 4.69) is 75.8 Å². The van der Waals surface area contributed by atoms with Gasteiger partial charge < -0.3 is 19.1 Å². The fourth-order valence-corrected chi connectivity index (χ4v) is 5.54. The van der Waals surface area contributed by atoms with Crippen molar-refractivity contribution in [3.05, 3.63) is 59.4 Å². The van der Waals surface area contributed by atoms with Crippen molar-refractivity contribution in [3.8, 4) is 5.75 Å². The fourth-order valence-electron chi connectivity index (χ4n) is 5.23. The molecule has 2 heterocycles. The van der Waals surface area contributed by atoms with E-state index in [1.807, 2.05) is 6.92 Å². The highest BCUT2D eigenvalue weighted by Crippen LogP contribution is 2.33. The largest absolute Gasteiger partial charge is 0.494 e. The maximum atomic E-state index is 5.98. The standard InChI is InChI=1S/C30H41N5OS/c1-4-36-26-11-8-23(9-12-26)20-29-31-27-21-25(10-13-28(27)35(29)22-24-6-7-24)30(37)34-18-16-33(17-19-34)15-5-14-32(2)3/h8-13,21,24H,4-7,14-20,22H2,1-3H3. The lowest BCUT2D eigenvalue weighted by Gasteiger charge is -2.36. The first-order valence-corrected chi connectivity index (χ1v) is 14.3. The number of benzene rings is 2. The lowest BCUT2D eigenvalue weighted by Crippen LogP contribution is -2.48. The summed E-state index contributed by atoms with van der Waals surface area (Å²) in [6, 6.07) is 15.1. The van der Waals surface area contributed by atoms with Crippen molar-refractivity contribution in [1.29, 1.82) is 0 Å². The lowest BCUT2D eigenvalue weighted by atomic mass is 10.1. The van der Waals surface area contributed by atoms with Crippen LogP contribution < -0.4 is 4.74 Å². The van der Waals surface area contributed by atoms with Gasteiger partial charge in [0.25, 0.3) is 0 Å². The minimum atomic E-state index is 0.688. The second kappa shape index (κ2) is 11.9. The maximum absolute atomic E-state index is 5.98. The summed E-state index contributed by atoms with van der Waals surface area (Å²) in [5.41, 5.74) is 4.66. The van der Waals surface area contributed by atoms with Gasteiger partial charge in [0.1, 0.15) is 16.6 Å². The van der Waals surface area contributed by atoms with E-state index in [-0.39, 0.29) is 0 Å². The average Bonchev–Trinajstić information content (AvgIpc) is 3.66. The van der Waals surface area contributed by atoms with Crippen LogP contribution in [0.5, 0.6) is 5.75 Å². The van der Waals surface area contributed by atoms with Gasteiger partial charge in [-0.1, -0.05) is 24.4 Å². The van der Waals surface area contributed by atoms with Gasteiger partial charge in [-0.25, -0.2) is 4.98 Å². The minimum Gasteiger partial charge on any atom is -0.494 e. The SMILES string of the molecule is CCOc1ccc(Cc2nc3cc(C(=S)N4CCN(CCCN(C)C)CC4)ccc3n2CC2CC2)cc1. The van der Waals surface area contributed by atoms with Crippen LogP contribution in [0.3, 0.4) is 0 Å². The molecular formula is C30H41N5OS. The summed E-state index contributed by atoms with van der Waals surface area (Å²) < 4.78 is 8.07. The zero-order chi connectivity index (χ0) is 25.8. The second-order valence-electron chi connectivity index (χ2n) is 10.8. The molecule has 2 fully saturated rings. The van der Waals surface area contributed by atoms with Crippen LogP contribution in [0.2, 0.25) is 0 Å². The molecule has 7 heteroatoms. The molecule has 0 atom stereocenters. The van der Waals surface area contributed by atoms with Gasteiger partial charge in [-0.3, -0.25) is 4.90 Å². The van der Waals surface area contributed by atoms with E-state index in [1.165, 1.54) is 36.9 Å². The summed E-state index contributed by atoms with van der Waals surface area (Å²) in [5.74, 6) is 2.84. The molecule has 0 N–H and O–H groups in total. The van der Waals surface area contributed by atoms with Crippen LogP contribution in [-0.2, 0) is 13.0 Å². The van der Waals surface area contributed by atoms with Crippen LogP contribution in [0.15, 0.2) is 42.5 Å². The van der Waals surface area contributed by atoms with Gasteiger partial charge in [0, 0.05) is 44.7 Å². The van der Waals surface area contributed by atoms with Crippen LogP contribution in [0.4, 0.5) is 0 Å². The third kappa shape index (κ3) is 6.70. The number of ether oxygens (including phenoxy) is 1. The molecule has 0 spiro atoms. The minimum absolute atomic E-state index is 0.688. The summed E-state index contributed by atoms with van der Waals surface area (Å²) in [6.45, 7) is 10.2. The number of piperazine rings is 1. The Morgan fingerprint density at radius 2 is 1.81 bits per heavy atom. The molecule has 37 heavy (non-hydrogen) atoms. The van der Waals surface area contributed by atoms with E-state index >= 15 is 0 Å². The Balaban J connectivity index is 1.29. The fraction of sp³-hybridized carbons (Fsp3) is 0.533. The van der Waals surface area contributed by atoms with Crippen molar-refractivity contribution in [2.45, 2.75) is 39.2 Å². The molecule has 1 saturated heterocycles. The Morgan fingerprint density at radius 1 is 1.05 bits per heavy atom. The van der Waals surface area contributed by atoms with Gasteiger partial charge >= 0.3 is 0 Å². The van der Waals surface area contributed by atoms with Crippen molar-refractivity contribution in [2.24, 2.45) is 5.92 Å². The Hall–Kier alpha value is -2.48. The molecule has 1 aliphatic carbocycles. The van der Waals surface area contributed by atoms with Crippen LogP contribution in [0, 0.1) is 5.92 Å². The Labute approximate surface area is 227 Å². The van der Waals surface area contributed by atoms with Crippen LogP contribution >= 0.6 is 12.2 Å². The number of thiocarbonyl (C=S) groups is 1. The van der Waals surface area contributed by atoms with Crippen molar-refractivity contribution in [1.82, 2.24) is 24.3 Å². The van der Waals surface area contributed by atoms with E-state index in [1.54, 1.807) is 0 Å². The molecule has 1 aromatic heterocycles. The molecule has 6 nitrogen and oxygen atoms in total. The summed E-state index contributed by atoms with van der Waals surface area (Å²) in [4.78, 5) is 13.3. The van der Waals surface area contributed by atoms with Gasteiger partial charge in [0.05, 0.1) is 17.6 Å². The number of fused-ring (bicyclic) bond motifs is 1. The van der Waals surface area contributed by atoms with Crippen molar-refractivity contribution in [2.75, 3.05) is 60.0 Å². The number of imidazole rings is 1. The summed E-state index contributed by atoms with van der Waals surface area (Å²) in [6.07, 6.45) is 4.69. The van der Waals surface area contributed by atoms with Crippen LogP contribution in [0.1, 0.15) is 43.1 Å². The number of aromatic nitrogens is 2. The first kappa shape index (κ1) is 26.1. The van der Waals surface area contributed by atoms with Crippen LogP contribution in [0.25, 0.3) is 11.0 Å². The molecule has 0 bridgehead atoms. The third-order valence-electron chi connectivity index (χ3n) is 7.55. The smallest absolute Gasteiger partial charge is 0.119 e. The molecule has 198 valence electrons. The molecule has 0 amide bonds. The van der Waals surface area contributed by atoms with E-state index in [0.717, 1.165) is 79.2 Å². The molecule has 2 aromatic carbocycles. The molecule has 0 radical (unpaired) electrons. The zero-order valence-corrected chi connectivity index (χ0v) is 23.5. The van der Waals surface area contributed by atoms with Gasteiger partial charge in [0.2, 0.25) is 0 Å². The average molecular weight is 520 g/mol. The molecule has 5 rings (SSSR count). The van der Waals surface area contributed by atoms with Gasteiger partial charge in [-0.2, -0.15) is 0 Å². The molecule has 3 aromatic rings. The van der Waals surface area contributed by atoms with E-state index in [0.29, 0.717) is 6.61 Å². The maximum Gasteiger partial charge on any atom is 0.119 e. The van der Waals surface area contributed by atoms with E-state index < -0.39 is 0 Å². The highest BCUT2D eigenvalue weighted by Gasteiger charge is 2.25. The molecule has 1 saturated carbocycles. The third-order valence-corrected chi connectivity index (χ3v) is 8.04. The zero-order valence-electron chi connectivity index (χ0n) is 22.7. The highest BCUT2D eigenvalue weighted by molar-refractivity contribution is 7.80. The predicted octanol–water partition coefficient (Wildman–Crippen LogP) is 4.68. The number of hydrogen-bond acceptors (Lipinski definition) is 5. The Kier molecular flexibility index (Phi) is 8.43. The summed E-state index contributed by atoms with van der Waals surface area (Å²) >= 11 is 5.98. The monoisotopic (exact) mass is 519 g/mol. The quantitative estimate of drug-likeness (QED) is 0.343. The van der Waals surface area contributed by atoms with Gasteiger partial charge in [0.15, 0.2) is 0 Å². The molecule has 2 aliphatic rings. The first-order chi connectivity index (χ1) is 18.0. The van der Waals surface area contributed by atoms with Crippen LogP contribution in [-0.4, -0.2) is 89.2 Å². The predicted molar refractivity (Wildman–Crippen MR) is 156 cm³/mol. The number of nitrogens with zero attached hydrogens (tertiary/aromatic N) is 5. The topological polar surface area (TPSA) is 36.8 Å². The molecular weight excluding hydrogens is 478 g/mol. The Bertz CT molecular complexity index is 1190. The number of hydrogen-bond donors (Lipinski definition) is 0.